The van der Waals surface area contributed by atoms with Crippen LogP contribution in [0, 0.1) is 0 Å². The average molecular weight is 638 g/mol. The quantitative estimate of drug-likeness (QED) is 0.285. The van der Waals surface area contributed by atoms with Crippen molar-refractivity contribution < 1.29 is 34.1 Å². The van der Waals surface area contributed by atoms with Crippen molar-refractivity contribution in [3.63, 3.8) is 0 Å². The Morgan fingerprint density at radius 2 is 1.43 bits per heavy atom. The second-order valence-corrected chi connectivity index (χ2v) is 10.4. The zero-order valence-electron chi connectivity index (χ0n) is 22.1. The van der Waals surface area contributed by atoms with Gasteiger partial charge in [0.05, 0.1) is 33.1 Å². The molecule has 1 saturated heterocycles. The molecule has 1 amide bonds. The molecule has 40 heavy (non-hydrogen) atoms. The molecule has 1 aliphatic rings. The minimum absolute atomic E-state index is 0.00252. The van der Waals surface area contributed by atoms with Gasteiger partial charge in [-0.05, 0) is 55.8 Å². The van der Waals surface area contributed by atoms with Crippen LogP contribution in [-0.4, -0.2) is 83.2 Å². The van der Waals surface area contributed by atoms with Crippen LogP contribution in [-0.2, 0) is 30.3 Å². The van der Waals surface area contributed by atoms with Crippen molar-refractivity contribution in [2.45, 2.75) is 38.6 Å². The number of hydrogen-bond acceptors (Lipinski definition) is 6. The summed E-state index contributed by atoms with van der Waals surface area (Å²) in [5.41, 5.74) is 0.830. The van der Waals surface area contributed by atoms with E-state index in [1.54, 1.807) is 29.2 Å². The number of halogens is 4. The van der Waals surface area contributed by atoms with Crippen LogP contribution in [0.5, 0.6) is 0 Å². The van der Waals surface area contributed by atoms with E-state index in [0.717, 1.165) is 25.2 Å². The molecule has 1 atom stereocenters. The highest BCUT2D eigenvalue weighted by molar-refractivity contribution is 6.42. The molecule has 2 aromatic rings. The summed E-state index contributed by atoms with van der Waals surface area (Å²) in [7, 11) is 1.81. The number of likely N-dealkylation sites (tertiary alicyclic amines) is 1. The number of likely N-dealkylation sites (N-methyl/N-ethyl adjacent to an activating group) is 1. The summed E-state index contributed by atoms with van der Waals surface area (Å²) in [5.74, 6) is -3.94. The number of amides is 1. The van der Waals surface area contributed by atoms with Gasteiger partial charge in [-0.25, -0.2) is 9.59 Å². The number of aliphatic carboxylic acids is 2. The Balaban J connectivity index is 0.000000465. The molecule has 0 aliphatic carbocycles. The molecular formula is C27H32Cl4N2O7. The number of rotatable bonds is 8. The maximum Gasteiger partial charge on any atom is 0.414 e. The number of nitrogens with zero attached hydrogens (tertiary/aromatic N) is 2. The molecule has 13 heteroatoms. The number of carbonyl (C=O) groups is 4. The van der Waals surface area contributed by atoms with E-state index in [-0.39, 0.29) is 24.3 Å². The fourth-order valence-electron chi connectivity index (χ4n) is 3.60. The monoisotopic (exact) mass is 636 g/mol. The van der Waals surface area contributed by atoms with Crippen LogP contribution in [0.25, 0.3) is 0 Å². The van der Waals surface area contributed by atoms with Crippen molar-refractivity contribution in [3.8, 4) is 0 Å². The minimum Gasteiger partial charge on any atom is -0.473 e. The van der Waals surface area contributed by atoms with Crippen molar-refractivity contribution >= 4 is 70.2 Å². The number of carbonyl (C=O) groups excluding carboxylic acids is 2. The van der Waals surface area contributed by atoms with Gasteiger partial charge in [-0.1, -0.05) is 64.6 Å². The molecule has 9 nitrogen and oxygen atoms in total. The third-order valence-electron chi connectivity index (χ3n) is 5.71. The van der Waals surface area contributed by atoms with Gasteiger partial charge in [-0.15, -0.1) is 0 Å². The third-order valence-corrected chi connectivity index (χ3v) is 7.21. The van der Waals surface area contributed by atoms with E-state index in [2.05, 4.69) is 4.90 Å². The Bertz CT molecular complexity index is 1110. The molecule has 0 aromatic heterocycles. The van der Waals surface area contributed by atoms with E-state index in [4.69, 9.17) is 70.9 Å². The van der Waals surface area contributed by atoms with Crippen molar-refractivity contribution in [3.05, 3.63) is 68.1 Å². The Hall–Kier alpha value is -2.56. The van der Waals surface area contributed by atoms with Crippen molar-refractivity contribution in [2.75, 3.05) is 33.3 Å². The van der Waals surface area contributed by atoms with Crippen molar-refractivity contribution in [1.82, 2.24) is 9.80 Å². The van der Waals surface area contributed by atoms with Gasteiger partial charge in [0.1, 0.15) is 0 Å². The Morgan fingerprint density at radius 3 is 1.88 bits per heavy atom. The van der Waals surface area contributed by atoms with E-state index < -0.39 is 11.9 Å². The summed E-state index contributed by atoms with van der Waals surface area (Å²) in [6, 6.07) is 12.4. The Morgan fingerprint density at radius 1 is 0.900 bits per heavy atom. The molecule has 1 heterocycles. The van der Waals surface area contributed by atoms with Crippen molar-refractivity contribution in [2.24, 2.45) is 0 Å². The predicted octanol–water partition coefficient (Wildman–Crippen LogP) is 5.56. The highest BCUT2D eigenvalue weighted by Gasteiger charge is 2.24. The van der Waals surface area contributed by atoms with Gasteiger partial charge in [0.2, 0.25) is 5.91 Å². The van der Waals surface area contributed by atoms with E-state index in [1.807, 2.05) is 25.2 Å². The average Bonchev–Trinajstić information content (AvgIpc) is 3.41. The number of esters is 1. The topological polar surface area (TPSA) is 124 Å². The van der Waals surface area contributed by atoms with E-state index in [0.29, 0.717) is 33.1 Å². The van der Waals surface area contributed by atoms with Crippen LogP contribution in [0.2, 0.25) is 20.1 Å². The minimum atomic E-state index is -1.82. The lowest BCUT2D eigenvalue weighted by molar-refractivity contribution is -0.159. The number of carboxylic acids is 2. The first-order valence-electron chi connectivity index (χ1n) is 12.2. The molecule has 0 radical (unpaired) electrons. The van der Waals surface area contributed by atoms with Gasteiger partial charge in [-0.2, -0.15) is 0 Å². The fraction of sp³-hybridized carbons (Fsp3) is 0.407. The summed E-state index contributed by atoms with van der Waals surface area (Å²) in [5, 5.41) is 16.9. The van der Waals surface area contributed by atoms with Crippen LogP contribution in [0.4, 0.5) is 0 Å². The van der Waals surface area contributed by atoms with E-state index >= 15 is 0 Å². The lowest BCUT2D eigenvalue weighted by atomic mass is 10.1. The first kappa shape index (κ1) is 35.5. The molecular weight excluding hydrogens is 606 g/mol. The zero-order valence-corrected chi connectivity index (χ0v) is 25.1. The standard InChI is InChI=1S/C19H26Cl2N2O3.C6H4Cl2.C2H2O4/c1-14(24)26-10-7-16(13-23-8-3-4-9-23)22(2)19(25)12-15-5-6-17(20)18(21)11-15;7-5-3-1-2-4-6(5)8;3-1(4)2(5)6/h5-6,11,16H,3-4,7-10,12-13H2,1-2H3;1-4H;(H,3,4)(H,5,6). The van der Waals surface area contributed by atoms with Gasteiger partial charge in [0.25, 0.3) is 0 Å². The van der Waals surface area contributed by atoms with Gasteiger partial charge in [0, 0.05) is 33.0 Å². The van der Waals surface area contributed by atoms with Crippen LogP contribution >= 0.6 is 46.4 Å². The largest absolute Gasteiger partial charge is 0.473 e. The number of benzene rings is 2. The Kier molecular flexibility index (Phi) is 16.6. The van der Waals surface area contributed by atoms with E-state index in [1.165, 1.54) is 19.8 Å². The van der Waals surface area contributed by atoms with Crippen molar-refractivity contribution in [1.29, 1.82) is 0 Å². The molecule has 1 aliphatic heterocycles. The van der Waals surface area contributed by atoms with Gasteiger partial charge in [0.15, 0.2) is 0 Å². The maximum absolute atomic E-state index is 12.7. The highest BCUT2D eigenvalue weighted by atomic mass is 35.5. The molecule has 0 spiro atoms. The van der Waals surface area contributed by atoms with Crippen LogP contribution in [0.3, 0.4) is 0 Å². The molecule has 220 valence electrons. The second-order valence-electron chi connectivity index (χ2n) is 8.74. The highest BCUT2D eigenvalue weighted by Crippen LogP contribution is 2.23. The molecule has 0 saturated carbocycles. The van der Waals surface area contributed by atoms with Gasteiger partial charge < -0.3 is 24.7 Å². The third kappa shape index (κ3) is 14.2. The fourth-order valence-corrected chi connectivity index (χ4v) is 4.19. The molecule has 1 fully saturated rings. The lowest BCUT2D eigenvalue weighted by Crippen LogP contribution is -2.45. The number of carboxylic acid groups (broad SMARTS) is 2. The van der Waals surface area contributed by atoms with Crippen LogP contribution < -0.4 is 0 Å². The summed E-state index contributed by atoms with van der Waals surface area (Å²) >= 11 is 23.1. The molecule has 3 rings (SSSR count). The summed E-state index contributed by atoms with van der Waals surface area (Å²) < 4.78 is 5.09. The number of hydrogen-bond donors (Lipinski definition) is 2. The van der Waals surface area contributed by atoms with Crippen LogP contribution in [0.15, 0.2) is 42.5 Å². The second kappa shape index (κ2) is 18.7. The first-order valence-corrected chi connectivity index (χ1v) is 13.7. The van der Waals surface area contributed by atoms with Crippen LogP contribution in [0.1, 0.15) is 31.7 Å². The molecule has 0 bridgehead atoms. The Labute approximate surface area is 253 Å². The summed E-state index contributed by atoms with van der Waals surface area (Å²) in [6.45, 7) is 4.62. The summed E-state index contributed by atoms with van der Waals surface area (Å²) in [4.78, 5) is 46.1. The number of ether oxygens (including phenoxy) is 1. The molecule has 1 unspecified atom stereocenters. The SMILES string of the molecule is CC(=O)OCCC(CN1CCCC1)N(C)C(=O)Cc1ccc(Cl)c(Cl)c1.Clc1ccccc1Cl.O=C(O)C(=O)O. The molecule has 2 aromatic carbocycles. The summed E-state index contributed by atoms with van der Waals surface area (Å²) in [6.07, 6.45) is 3.27. The van der Waals surface area contributed by atoms with E-state index in [9.17, 15) is 9.59 Å². The van der Waals surface area contributed by atoms with Gasteiger partial charge >= 0.3 is 17.9 Å². The van der Waals surface area contributed by atoms with Gasteiger partial charge in [-0.3, -0.25) is 9.59 Å². The zero-order chi connectivity index (χ0) is 30.2. The first-order chi connectivity index (χ1) is 18.8. The lowest BCUT2D eigenvalue weighted by Gasteiger charge is -2.31. The maximum atomic E-state index is 12.7. The predicted molar refractivity (Wildman–Crippen MR) is 155 cm³/mol. The molecule has 2 N–H and O–H groups in total. The smallest absolute Gasteiger partial charge is 0.414 e. The normalized spacial score (nSPS) is 13.2.